The van der Waals surface area contributed by atoms with Crippen LogP contribution in [0.2, 0.25) is 5.02 Å². The number of carbonyl (C=O) groups is 1. The van der Waals surface area contributed by atoms with Crippen LogP contribution >= 0.6 is 11.6 Å². The molecule has 2 aromatic rings. The van der Waals surface area contributed by atoms with Gasteiger partial charge in [-0.1, -0.05) is 18.5 Å². The molecule has 2 N–H and O–H groups in total. The first-order valence-corrected chi connectivity index (χ1v) is 5.78. The zero-order valence-electron chi connectivity index (χ0n) is 9.63. The molecule has 6 heteroatoms. The minimum Gasteiger partial charge on any atom is -0.305 e. The second kappa shape index (κ2) is 5.18. The number of hydrogen-bond donors (Lipinski definition) is 2. The number of nitrogens with zero attached hydrogens (tertiary/aromatic N) is 1. The smallest absolute Gasteiger partial charge is 0.259 e. The van der Waals surface area contributed by atoms with Crippen LogP contribution in [-0.4, -0.2) is 16.1 Å². The highest BCUT2D eigenvalue weighted by Gasteiger charge is 2.13. The molecule has 0 unspecified atom stereocenters. The monoisotopic (exact) mass is 267 g/mol. The Morgan fingerprint density at radius 2 is 2.28 bits per heavy atom. The molecule has 1 aromatic heterocycles. The molecule has 0 radical (unpaired) electrons. The molecule has 2 rings (SSSR count). The first kappa shape index (κ1) is 12.6. The van der Waals surface area contributed by atoms with Crippen molar-refractivity contribution < 1.29 is 9.18 Å². The standard InChI is InChI=1S/C12H11ClFN3O/c1-2-8-6-11(17-16-8)15-12(18)9-4-3-7(13)5-10(9)14/h3-6H,2H2,1H3,(H2,15,16,17,18). The predicted octanol–water partition coefficient (Wildman–Crippen LogP) is 3.02. The van der Waals surface area contributed by atoms with Crippen LogP contribution in [-0.2, 0) is 6.42 Å². The molecule has 94 valence electrons. The number of hydrogen-bond acceptors (Lipinski definition) is 2. The van der Waals surface area contributed by atoms with E-state index in [0.717, 1.165) is 18.2 Å². The van der Waals surface area contributed by atoms with E-state index >= 15 is 0 Å². The second-order valence-corrected chi connectivity index (χ2v) is 4.15. The summed E-state index contributed by atoms with van der Waals surface area (Å²) in [6.07, 6.45) is 0.776. The highest BCUT2D eigenvalue weighted by atomic mass is 35.5. The van der Waals surface area contributed by atoms with E-state index < -0.39 is 11.7 Å². The summed E-state index contributed by atoms with van der Waals surface area (Å²) in [5.41, 5.74) is 0.822. The van der Waals surface area contributed by atoms with E-state index in [0.29, 0.717) is 5.82 Å². The molecule has 0 aliphatic heterocycles. The van der Waals surface area contributed by atoms with Crippen molar-refractivity contribution in [2.24, 2.45) is 0 Å². The molecule has 4 nitrogen and oxygen atoms in total. The summed E-state index contributed by atoms with van der Waals surface area (Å²) in [4.78, 5) is 11.8. The van der Waals surface area contributed by atoms with Gasteiger partial charge in [-0.15, -0.1) is 0 Å². The third kappa shape index (κ3) is 2.68. The molecule has 0 spiro atoms. The Bertz CT molecular complexity index is 582. The number of aromatic nitrogens is 2. The van der Waals surface area contributed by atoms with E-state index in [4.69, 9.17) is 11.6 Å². The molecule has 0 atom stereocenters. The van der Waals surface area contributed by atoms with Gasteiger partial charge in [-0.25, -0.2) is 4.39 Å². The van der Waals surface area contributed by atoms with Gasteiger partial charge in [0, 0.05) is 16.8 Å². The number of benzene rings is 1. The SMILES string of the molecule is CCc1cc(NC(=O)c2ccc(Cl)cc2F)n[nH]1. The molecule has 1 heterocycles. The molecule has 0 saturated heterocycles. The second-order valence-electron chi connectivity index (χ2n) is 3.71. The minimum atomic E-state index is -0.661. The van der Waals surface area contributed by atoms with E-state index in [1.807, 2.05) is 6.92 Å². The summed E-state index contributed by atoms with van der Waals surface area (Å²) in [5.74, 6) is -0.851. The molecule has 1 aromatic carbocycles. The number of amides is 1. The van der Waals surface area contributed by atoms with Crippen molar-refractivity contribution in [3.05, 3.63) is 46.4 Å². The van der Waals surface area contributed by atoms with Crippen molar-refractivity contribution >= 4 is 23.3 Å². The van der Waals surface area contributed by atoms with Crippen LogP contribution in [0, 0.1) is 5.82 Å². The molecule has 18 heavy (non-hydrogen) atoms. The number of aryl methyl sites for hydroxylation is 1. The van der Waals surface area contributed by atoms with E-state index in [2.05, 4.69) is 15.5 Å². The van der Waals surface area contributed by atoms with Gasteiger partial charge in [-0.3, -0.25) is 9.89 Å². The van der Waals surface area contributed by atoms with Crippen LogP contribution in [0.25, 0.3) is 0 Å². The van der Waals surface area contributed by atoms with Gasteiger partial charge in [0.05, 0.1) is 5.56 Å². The van der Waals surface area contributed by atoms with Gasteiger partial charge in [0.15, 0.2) is 5.82 Å². The molecule has 0 bridgehead atoms. The van der Waals surface area contributed by atoms with Gasteiger partial charge in [0.2, 0.25) is 0 Å². The predicted molar refractivity (Wildman–Crippen MR) is 67.3 cm³/mol. The molecule has 1 amide bonds. The molecule has 0 aliphatic carbocycles. The van der Waals surface area contributed by atoms with Crippen LogP contribution < -0.4 is 5.32 Å². The van der Waals surface area contributed by atoms with Gasteiger partial charge < -0.3 is 5.32 Å². The fraction of sp³-hybridized carbons (Fsp3) is 0.167. The Labute approximate surface area is 108 Å². The Morgan fingerprint density at radius 3 is 2.89 bits per heavy atom. The maximum Gasteiger partial charge on any atom is 0.259 e. The van der Waals surface area contributed by atoms with Crippen molar-refractivity contribution in [3.8, 4) is 0 Å². The largest absolute Gasteiger partial charge is 0.305 e. The quantitative estimate of drug-likeness (QED) is 0.898. The van der Waals surface area contributed by atoms with Crippen molar-refractivity contribution in [2.75, 3.05) is 5.32 Å². The number of carbonyl (C=O) groups excluding carboxylic acids is 1. The van der Waals surface area contributed by atoms with E-state index in [1.165, 1.54) is 12.1 Å². The van der Waals surface area contributed by atoms with Crippen LogP contribution in [0.3, 0.4) is 0 Å². The molecular weight excluding hydrogens is 257 g/mol. The minimum absolute atomic E-state index is 0.0690. The summed E-state index contributed by atoms with van der Waals surface area (Å²) in [6, 6.07) is 5.59. The van der Waals surface area contributed by atoms with Gasteiger partial charge in [-0.2, -0.15) is 5.10 Å². The third-order valence-electron chi connectivity index (χ3n) is 2.43. The average Bonchev–Trinajstić information content (AvgIpc) is 2.76. The zero-order chi connectivity index (χ0) is 13.1. The Balaban J connectivity index is 2.16. The van der Waals surface area contributed by atoms with Gasteiger partial charge >= 0.3 is 0 Å². The van der Waals surface area contributed by atoms with Gasteiger partial charge in [0.1, 0.15) is 5.82 Å². The summed E-state index contributed by atoms with van der Waals surface area (Å²) in [6.45, 7) is 1.96. The molecule has 0 aliphatic rings. The maximum absolute atomic E-state index is 13.5. The summed E-state index contributed by atoms with van der Waals surface area (Å²) >= 11 is 5.61. The lowest BCUT2D eigenvalue weighted by Crippen LogP contribution is -2.13. The highest BCUT2D eigenvalue weighted by molar-refractivity contribution is 6.30. The number of nitrogens with one attached hydrogen (secondary N) is 2. The van der Waals surface area contributed by atoms with Gasteiger partial charge in [-0.05, 0) is 24.6 Å². The van der Waals surface area contributed by atoms with Crippen molar-refractivity contribution in [3.63, 3.8) is 0 Å². The Hall–Kier alpha value is -1.88. The lowest BCUT2D eigenvalue weighted by molar-refractivity contribution is 0.102. The Kier molecular flexibility index (Phi) is 3.62. The first-order valence-electron chi connectivity index (χ1n) is 5.41. The first-order chi connectivity index (χ1) is 8.60. The fourth-order valence-corrected chi connectivity index (χ4v) is 1.62. The normalized spacial score (nSPS) is 10.4. The maximum atomic E-state index is 13.5. The zero-order valence-corrected chi connectivity index (χ0v) is 10.4. The van der Waals surface area contributed by atoms with Crippen LogP contribution in [0.1, 0.15) is 23.0 Å². The van der Waals surface area contributed by atoms with Crippen LogP contribution in [0.5, 0.6) is 0 Å². The number of anilines is 1. The molecule has 0 fully saturated rings. The summed E-state index contributed by atoms with van der Waals surface area (Å²) < 4.78 is 13.5. The molecule has 0 saturated carbocycles. The summed E-state index contributed by atoms with van der Waals surface area (Å²) in [7, 11) is 0. The van der Waals surface area contributed by atoms with Gasteiger partial charge in [0.25, 0.3) is 5.91 Å². The lowest BCUT2D eigenvalue weighted by Gasteiger charge is -2.03. The Morgan fingerprint density at radius 1 is 1.50 bits per heavy atom. The number of rotatable bonds is 3. The van der Waals surface area contributed by atoms with E-state index in [-0.39, 0.29) is 10.6 Å². The van der Waals surface area contributed by atoms with E-state index in [1.54, 1.807) is 6.07 Å². The molecular formula is C12H11ClFN3O. The van der Waals surface area contributed by atoms with Crippen LogP contribution in [0.15, 0.2) is 24.3 Å². The lowest BCUT2D eigenvalue weighted by atomic mass is 10.2. The van der Waals surface area contributed by atoms with Crippen molar-refractivity contribution in [1.82, 2.24) is 10.2 Å². The van der Waals surface area contributed by atoms with Crippen molar-refractivity contribution in [1.29, 1.82) is 0 Å². The highest BCUT2D eigenvalue weighted by Crippen LogP contribution is 2.16. The summed E-state index contributed by atoms with van der Waals surface area (Å²) in [5, 5.41) is 9.41. The number of halogens is 2. The number of aromatic amines is 1. The fourth-order valence-electron chi connectivity index (χ4n) is 1.46. The third-order valence-corrected chi connectivity index (χ3v) is 2.66. The van der Waals surface area contributed by atoms with Crippen molar-refractivity contribution in [2.45, 2.75) is 13.3 Å². The van der Waals surface area contributed by atoms with Crippen LogP contribution in [0.4, 0.5) is 10.2 Å². The van der Waals surface area contributed by atoms with E-state index in [9.17, 15) is 9.18 Å². The topological polar surface area (TPSA) is 57.8 Å². The average molecular weight is 268 g/mol. The number of H-pyrrole nitrogens is 1.